The van der Waals surface area contributed by atoms with Crippen molar-refractivity contribution in [2.24, 2.45) is 0 Å². The van der Waals surface area contributed by atoms with Crippen LogP contribution in [0.2, 0.25) is 0 Å². The Morgan fingerprint density at radius 1 is 0.815 bits per heavy atom. The highest BCUT2D eigenvalue weighted by atomic mass is 32.2. The fourth-order valence-electron chi connectivity index (χ4n) is 2.42. The maximum absolute atomic E-state index is 12.4. The SMILES string of the molecule is CN(CCCNS(=O)(=O)c1ccc(S(=O)(=O)N(C)C)cc1)c1ccccc1. The van der Waals surface area contributed by atoms with Gasteiger partial charge in [0.25, 0.3) is 0 Å². The molecule has 27 heavy (non-hydrogen) atoms. The zero-order valence-electron chi connectivity index (χ0n) is 15.7. The molecule has 7 nitrogen and oxygen atoms in total. The predicted molar refractivity (Wildman–Crippen MR) is 107 cm³/mol. The van der Waals surface area contributed by atoms with Crippen LogP contribution in [0.15, 0.2) is 64.4 Å². The summed E-state index contributed by atoms with van der Waals surface area (Å²) in [4.78, 5) is 2.14. The Bertz CT molecular complexity index is 942. The highest BCUT2D eigenvalue weighted by Gasteiger charge is 2.19. The summed E-state index contributed by atoms with van der Waals surface area (Å²) >= 11 is 0. The number of nitrogens with one attached hydrogen (secondary N) is 1. The Morgan fingerprint density at radius 3 is 1.93 bits per heavy atom. The molecule has 0 heterocycles. The second kappa shape index (κ2) is 8.83. The summed E-state index contributed by atoms with van der Waals surface area (Å²) in [6.07, 6.45) is 0.637. The lowest BCUT2D eigenvalue weighted by Crippen LogP contribution is -2.28. The van der Waals surface area contributed by atoms with Crippen LogP contribution in [0.1, 0.15) is 6.42 Å². The minimum atomic E-state index is -3.68. The van der Waals surface area contributed by atoms with Crippen molar-refractivity contribution in [1.82, 2.24) is 9.03 Å². The standard InChI is InChI=1S/C18H25N3O4S2/c1-20(2)27(24,25)18-12-10-17(11-13-18)26(22,23)19-14-7-15-21(3)16-8-5-4-6-9-16/h4-6,8-13,19H,7,14-15H2,1-3H3. The summed E-state index contributed by atoms with van der Waals surface area (Å²) < 4.78 is 52.4. The number of hydrogen-bond donors (Lipinski definition) is 1. The van der Waals surface area contributed by atoms with Crippen LogP contribution in [0.3, 0.4) is 0 Å². The van der Waals surface area contributed by atoms with E-state index in [-0.39, 0.29) is 16.3 Å². The highest BCUT2D eigenvalue weighted by Crippen LogP contribution is 2.17. The number of benzene rings is 2. The summed E-state index contributed by atoms with van der Waals surface area (Å²) in [5, 5.41) is 0. The van der Waals surface area contributed by atoms with Crippen molar-refractivity contribution in [2.75, 3.05) is 39.1 Å². The van der Waals surface area contributed by atoms with Crippen LogP contribution in [0.4, 0.5) is 5.69 Å². The van der Waals surface area contributed by atoms with E-state index < -0.39 is 20.0 Å². The minimum absolute atomic E-state index is 0.0385. The van der Waals surface area contributed by atoms with Gasteiger partial charge < -0.3 is 4.90 Å². The smallest absolute Gasteiger partial charge is 0.242 e. The molecule has 2 aromatic carbocycles. The minimum Gasteiger partial charge on any atom is -0.375 e. The van der Waals surface area contributed by atoms with E-state index in [0.29, 0.717) is 13.0 Å². The second-order valence-electron chi connectivity index (χ2n) is 6.27. The lowest BCUT2D eigenvalue weighted by atomic mass is 10.3. The molecule has 0 saturated carbocycles. The van der Waals surface area contributed by atoms with Crippen LogP contribution in [-0.2, 0) is 20.0 Å². The maximum atomic E-state index is 12.4. The van der Waals surface area contributed by atoms with Gasteiger partial charge in [-0.3, -0.25) is 0 Å². The van der Waals surface area contributed by atoms with Crippen molar-refractivity contribution < 1.29 is 16.8 Å². The molecule has 0 unspecified atom stereocenters. The van der Waals surface area contributed by atoms with Crippen molar-refractivity contribution in [3.8, 4) is 0 Å². The van der Waals surface area contributed by atoms with Crippen LogP contribution < -0.4 is 9.62 Å². The van der Waals surface area contributed by atoms with E-state index in [1.807, 2.05) is 37.4 Å². The zero-order valence-corrected chi connectivity index (χ0v) is 17.3. The summed E-state index contributed by atoms with van der Waals surface area (Å²) in [6, 6.07) is 15.0. The van der Waals surface area contributed by atoms with Crippen LogP contribution in [0.5, 0.6) is 0 Å². The van der Waals surface area contributed by atoms with Crippen LogP contribution in [-0.4, -0.2) is 55.4 Å². The van der Waals surface area contributed by atoms with E-state index in [0.717, 1.165) is 9.99 Å². The van der Waals surface area contributed by atoms with E-state index in [1.165, 1.54) is 38.4 Å². The van der Waals surface area contributed by atoms with Crippen molar-refractivity contribution in [1.29, 1.82) is 0 Å². The average Bonchev–Trinajstić information content (AvgIpc) is 2.65. The van der Waals surface area contributed by atoms with Crippen LogP contribution >= 0.6 is 0 Å². The van der Waals surface area contributed by atoms with Crippen molar-refractivity contribution in [3.63, 3.8) is 0 Å². The molecule has 1 N–H and O–H groups in total. The number of hydrogen-bond acceptors (Lipinski definition) is 5. The molecule has 2 rings (SSSR count). The van der Waals surface area contributed by atoms with Gasteiger partial charge in [0.05, 0.1) is 9.79 Å². The average molecular weight is 412 g/mol. The Balaban J connectivity index is 1.93. The summed E-state index contributed by atoms with van der Waals surface area (Å²) in [6.45, 7) is 0.990. The molecular formula is C18H25N3O4S2. The topological polar surface area (TPSA) is 86.8 Å². The van der Waals surface area contributed by atoms with E-state index in [4.69, 9.17) is 0 Å². The second-order valence-corrected chi connectivity index (χ2v) is 10.2. The van der Waals surface area contributed by atoms with E-state index >= 15 is 0 Å². The van der Waals surface area contributed by atoms with Crippen LogP contribution in [0.25, 0.3) is 0 Å². The zero-order chi connectivity index (χ0) is 20.1. The summed E-state index contributed by atoms with van der Waals surface area (Å²) in [5.41, 5.74) is 1.07. The summed E-state index contributed by atoms with van der Waals surface area (Å²) in [7, 11) is -2.46. The molecule has 0 aliphatic carbocycles. The van der Waals surface area contributed by atoms with Gasteiger partial charge in [0.15, 0.2) is 0 Å². The highest BCUT2D eigenvalue weighted by molar-refractivity contribution is 7.89. The molecule has 0 spiro atoms. The quantitative estimate of drug-likeness (QED) is 0.635. The van der Waals surface area contributed by atoms with Gasteiger partial charge in [0, 0.05) is 39.9 Å². The molecule has 0 radical (unpaired) electrons. The fraction of sp³-hybridized carbons (Fsp3) is 0.333. The summed E-state index contributed by atoms with van der Waals surface area (Å²) in [5.74, 6) is 0. The van der Waals surface area contributed by atoms with Gasteiger partial charge >= 0.3 is 0 Å². The first-order valence-corrected chi connectivity index (χ1v) is 11.4. The molecule has 0 aromatic heterocycles. The first-order valence-electron chi connectivity index (χ1n) is 8.43. The molecule has 0 aliphatic rings. The van der Waals surface area contributed by atoms with Crippen LogP contribution in [0, 0.1) is 0 Å². The van der Waals surface area contributed by atoms with Crippen molar-refractivity contribution in [2.45, 2.75) is 16.2 Å². The first kappa shape index (κ1) is 21.4. The predicted octanol–water partition coefficient (Wildman–Crippen LogP) is 1.74. The van der Waals surface area contributed by atoms with Gasteiger partial charge in [-0.15, -0.1) is 0 Å². The normalized spacial score (nSPS) is 12.3. The Kier molecular flexibility index (Phi) is 6.99. The largest absolute Gasteiger partial charge is 0.375 e. The van der Waals surface area contributed by atoms with Gasteiger partial charge in [-0.05, 0) is 42.8 Å². The van der Waals surface area contributed by atoms with Gasteiger partial charge in [0.2, 0.25) is 20.0 Å². The van der Waals surface area contributed by atoms with Gasteiger partial charge in [-0.2, -0.15) is 0 Å². The van der Waals surface area contributed by atoms with Crippen molar-refractivity contribution >= 4 is 25.7 Å². The van der Waals surface area contributed by atoms with Crippen molar-refractivity contribution in [3.05, 3.63) is 54.6 Å². The molecule has 0 bridgehead atoms. The third-order valence-electron chi connectivity index (χ3n) is 4.07. The first-order chi connectivity index (χ1) is 12.6. The molecule has 148 valence electrons. The molecule has 0 fully saturated rings. The Labute approximate surface area is 161 Å². The van der Waals surface area contributed by atoms with E-state index in [2.05, 4.69) is 9.62 Å². The molecule has 0 saturated heterocycles. The number of nitrogens with zero attached hydrogens (tertiary/aromatic N) is 2. The van der Waals surface area contributed by atoms with Gasteiger partial charge in [0.1, 0.15) is 0 Å². The monoisotopic (exact) mass is 411 g/mol. The van der Waals surface area contributed by atoms with E-state index in [9.17, 15) is 16.8 Å². The molecule has 0 amide bonds. The molecular weight excluding hydrogens is 386 g/mol. The number of para-hydroxylation sites is 1. The third-order valence-corrected chi connectivity index (χ3v) is 7.38. The Morgan fingerprint density at radius 2 is 1.37 bits per heavy atom. The lowest BCUT2D eigenvalue weighted by molar-refractivity contribution is 0.520. The molecule has 2 aromatic rings. The van der Waals surface area contributed by atoms with E-state index in [1.54, 1.807) is 0 Å². The lowest BCUT2D eigenvalue weighted by Gasteiger charge is -2.19. The maximum Gasteiger partial charge on any atom is 0.242 e. The Hall–Kier alpha value is -1.94. The number of sulfonamides is 2. The van der Waals surface area contributed by atoms with Gasteiger partial charge in [-0.1, -0.05) is 18.2 Å². The fourth-order valence-corrected chi connectivity index (χ4v) is 4.40. The molecule has 0 aliphatic heterocycles. The number of anilines is 1. The third kappa shape index (κ3) is 5.52. The molecule has 0 atom stereocenters. The molecule has 9 heteroatoms. The number of rotatable bonds is 9. The van der Waals surface area contributed by atoms with Gasteiger partial charge in [-0.25, -0.2) is 25.9 Å².